The minimum absolute atomic E-state index is 0.581. The van der Waals surface area contributed by atoms with Crippen LogP contribution in [0.3, 0.4) is 0 Å². The Labute approximate surface area is 309 Å². The summed E-state index contributed by atoms with van der Waals surface area (Å²) in [4.78, 5) is 15.8. The van der Waals surface area contributed by atoms with E-state index in [0.717, 1.165) is 33.4 Å². The van der Waals surface area contributed by atoms with E-state index < -0.39 is 5.41 Å². The number of fused-ring (bicyclic) bond motifs is 5. The van der Waals surface area contributed by atoms with Crippen LogP contribution in [0, 0.1) is 0 Å². The molecule has 0 saturated carbocycles. The lowest BCUT2D eigenvalue weighted by molar-refractivity contribution is 0.775. The number of hydrogen-bond acceptors (Lipinski definition) is 3. The third kappa shape index (κ3) is 4.93. The molecule has 0 aliphatic heterocycles. The van der Waals surface area contributed by atoms with Crippen LogP contribution in [0.4, 0.5) is 0 Å². The van der Waals surface area contributed by atoms with Crippen molar-refractivity contribution >= 4 is 10.8 Å². The van der Waals surface area contributed by atoms with Crippen molar-refractivity contribution in [2.45, 2.75) is 5.41 Å². The number of nitrogens with zero attached hydrogens (tertiary/aromatic N) is 3. The standard InChI is InChI=1S/C50H33N3/c1-5-18-34(19-6-1)39-27-15-16-29-41(39)48-51-47(36-21-7-2-8-22-36)52-49(53-48)43-30-17-31-44-45(43)42-33-32-35-20-13-14-28-40(35)46(42)50(44,37-23-9-3-10-24-37)38-25-11-4-12-26-38/h1-33H. The second-order valence-corrected chi connectivity index (χ2v) is 13.5. The molecule has 1 aliphatic rings. The van der Waals surface area contributed by atoms with Crippen molar-refractivity contribution in [2.75, 3.05) is 0 Å². The molecule has 0 atom stereocenters. The smallest absolute Gasteiger partial charge is 0.164 e. The van der Waals surface area contributed by atoms with E-state index in [2.05, 4.69) is 176 Å². The van der Waals surface area contributed by atoms with E-state index >= 15 is 0 Å². The van der Waals surface area contributed by atoms with Gasteiger partial charge in [-0.1, -0.05) is 200 Å². The van der Waals surface area contributed by atoms with Gasteiger partial charge in [-0.25, -0.2) is 15.0 Å². The molecule has 0 N–H and O–H groups in total. The number of aromatic nitrogens is 3. The van der Waals surface area contributed by atoms with Crippen molar-refractivity contribution in [2.24, 2.45) is 0 Å². The van der Waals surface area contributed by atoms with Gasteiger partial charge in [0.05, 0.1) is 5.41 Å². The van der Waals surface area contributed by atoms with Crippen molar-refractivity contribution in [3.8, 4) is 56.4 Å². The van der Waals surface area contributed by atoms with Gasteiger partial charge in [-0.3, -0.25) is 0 Å². The predicted octanol–water partition coefficient (Wildman–Crippen LogP) is 12.1. The predicted molar refractivity (Wildman–Crippen MR) is 216 cm³/mol. The van der Waals surface area contributed by atoms with Gasteiger partial charge in [0.2, 0.25) is 0 Å². The van der Waals surface area contributed by atoms with Crippen LogP contribution >= 0.6 is 0 Å². The number of rotatable bonds is 6. The summed E-state index contributed by atoms with van der Waals surface area (Å²) in [5.41, 5.74) is 11.8. The average molecular weight is 676 g/mol. The molecule has 1 aromatic heterocycles. The van der Waals surface area contributed by atoms with Crippen LogP contribution in [0.15, 0.2) is 200 Å². The van der Waals surface area contributed by atoms with Gasteiger partial charge >= 0.3 is 0 Å². The van der Waals surface area contributed by atoms with Gasteiger partial charge in [0, 0.05) is 16.7 Å². The highest BCUT2D eigenvalue weighted by Crippen LogP contribution is 2.59. The van der Waals surface area contributed by atoms with Crippen LogP contribution in [-0.4, -0.2) is 15.0 Å². The normalized spacial score (nSPS) is 12.7. The van der Waals surface area contributed by atoms with Crippen LogP contribution in [-0.2, 0) is 5.41 Å². The van der Waals surface area contributed by atoms with Gasteiger partial charge < -0.3 is 0 Å². The molecule has 3 nitrogen and oxygen atoms in total. The largest absolute Gasteiger partial charge is 0.208 e. The SMILES string of the molecule is c1ccc(-c2nc(-c3ccccc3-c3ccccc3)nc(-c3cccc4c3-c3ccc5ccccc5c3C4(c3ccccc3)c3ccccc3)n2)cc1. The van der Waals surface area contributed by atoms with E-state index in [4.69, 9.17) is 15.0 Å². The summed E-state index contributed by atoms with van der Waals surface area (Å²) in [5, 5.41) is 2.45. The second kappa shape index (κ2) is 12.7. The van der Waals surface area contributed by atoms with Gasteiger partial charge in [0.15, 0.2) is 17.5 Å². The summed E-state index contributed by atoms with van der Waals surface area (Å²) in [6, 6.07) is 71.0. The Kier molecular flexibility index (Phi) is 7.36. The molecule has 0 fully saturated rings. The molecule has 3 heteroatoms. The minimum Gasteiger partial charge on any atom is -0.208 e. The highest BCUT2D eigenvalue weighted by molar-refractivity contribution is 6.03. The van der Waals surface area contributed by atoms with Gasteiger partial charge in [-0.05, 0) is 55.3 Å². The first kappa shape index (κ1) is 30.8. The highest BCUT2D eigenvalue weighted by Gasteiger charge is 2.48. The minimum atomic E-state index is -0.581. The Hall–Kier alpha value is -6.97. The van der Waals surface area contributed by atoms with Gasteiger partial charge in [-0.2, -0.15) is 0 Å². The number of hydrogen-bond donors (Lipinski definition) is 0. The first-order valence-electron chi connectivity index (χ1n) is 18.0. The molecule has 0 saturated heterocycles. The molecule has 0 unspecified atom stereocenters. The summed E-state index contributed by atoms with van der Waals surface area (Å²) in [6.45, 7) is 0. The molecule has 8 aromatic carbocycles. The maximum atomic E-state index is 5.37. The fourth-order valence-electron chi connectivity index (χ4n) is 8.38. The quantitative estimate of drug-likeness (QED) is 0.176. The third-order valence-corrected chi connectivity index (χ3v) is 10.6. The Morgan fingerprint density at radius 3 is 1.51 bits per heavy atom. The first-order chi connectivity index (χ1) is 26.3. The molecule has 1 aliphatic carbocycles. The lowest BCUT2D eigenvalue weighted by Crippen LogP contribution is -2.28. The summed E-state index contributed by atoms with van der Waals surface area (Å²) >= 11 is 0. The van der Waals surface area contributed by atoms with E-state index in [0.29, 0.717) is 17.5 Å². The van der Waals surface area contributed by atoms with Crippen molar-refractivity contribution < 1.29 is 0 Å². The zero-order chi connectivity index (χ0) is 35.2. The van der Waals surface area contributed by atoms with Crippen molar-refractivity contribution in [1.82, 2.24) is 15.0 Å². The Balaban J connectivity index is 1.31. The second-order valence-electron chi connectivity index (χ2n) is 13.5. The highest BCUT2D eigenvalue weighted by atomic mass is 15.0. The van der Waals surface area contributed by atoms with Crippen LogP contribution in [0.25, 0.3) is 67.2 Å². The van der Waals surface area contributed by atoms with Crippen LogP contribution in [0.5, 0.6) is 0 Å². The molecular weight excluding hydrogens is 643 g/mol. The van der Waals surface area contributed by atoms with Gasteiger partial charge in [0.1, 0.15) is 0 Å². The van der Waals surface area contributed by atoms with Gasteiger partial charge in [-0.15, -0.1) is 0 Å². The van der Waals surface area contributed by atoms with Crippen LogP contribution in [0.1, 0.15) is 22.3 Å². The van der Waals surface area contributed by atoms with Crippen molar-refractivity contribution in [3.63, 3.8) is 0 Å². The molecule has 0 radical (unpaired) electrons. The molecule has 0 amide bonds. The van der Waals surface area contributed by atoms with E-state index in [1.165, 1.54) is 38.6 Å². The summed E-state index contributed by atoms with van der Waals surface area (Å²) in [7, 11) is 0. The topological polar surface area (TPSA) is 38.7 Å². The molecule has 248 valence electrons. The summed E-state index contributed by atoms with van der Waals surface area (Å²) in [6.07, 6.45) is 0. The fraction of sp³-hybridized carbons (Fsp3) is 0.0200. The molecule has 0 spiro atoms. The van der Waals surface area contributed by atoms with E-state index in [1.807, 2.05) is 24.3 Å². The van der Waals surface area contributed by atoms with Gasteiger partial charge in [0.25, 0.3) is 0 Å². The lowest BCUT2D eigenvalue weighted by Gasteiger charge is -2.34. The summed E-state index contributed by atoms with van der Waals surface area (Å²) in [5.74, 6) is 1.92. The molecule has 10 rings (SSSR count). The molecule has 9 aromatic rings. The van der Waals surface area contributed by atoms with Crippen molar-refractivity contribution in [1.29, 1.82) is 0 Å². The Morgan fingerprint density at radius 1 is 0.321 bits per heavy atom. The Morgan fingerprint density at radius 2 is 0.830 bits per heavy atom. The van der Waals surface area contributed by atoms with E-state index in [9.17, 15) is 0 Å². The number of benzene rings is 8. The first-order valence-corrected chi connectivity index (χ1v) is 18.0. The van der Waals surface area contributed by atoms with E-state index in [-0.39, 0.29) is 0 Å². The van der Waals surface area contributed by atoms with Crippen LogP contribution < -0.4 is 0 Å². The molecule has 1 heterocycles. The Bertz CT molecular complexity index is 2720. The van der Waals surface area contributed by atoms with Crippen LogP contribution in [0.2, 0.25) is 0 Å². The lowest BCUT2D eigenvalue weighted by atomic mass is 9.66. The fourth-order valence-corrected chi connectivity index (χ4v) is 8.38. The third-order valence-electron chi connectivity index (χ3n) is 10.6. The maximum Gasteiger partial charge on any atom is 0.164 e. The summed E-state index contributed by atoms with van der Waals surface area (Å²) < 4.78 is 0. The van der Waals surface area contributed by atoms with E-state index in [1.54, 1.807) is 0 Å². The molecular formula is C50H33N3. The molecule has 53 heavy (non-hydrogen) atoms. The average Bonchev–Trinajstić information content (AvgIpc) is 3.56. The van der Waals surface area contributed by atoms with Crippen molar-refractivity contribution in [3.05, 3.63) is 222 Å². The monoisotopic (exact) mass is 675 g/mol. The zero-order valence-corrected chi connectivity index (χ0v) is 28.9. The maximum absolute atomic E-state index is 5.37. The zero-order valence-electron chi connectivity index (χ0n) is 28.9. The molecule has 0 bridgehead atoms.